The fourth-order valence-corrected chi connectivity index (χ4v) is 3.60. The number of rotatable bonds is 11. The monoisotopic (exact) mass is 316 g/mol. The van der Waals surface area contributed by atoms with Gasteiger partial charge in [0.25, 0.3) is 0 Å². The third-order valence-electron chi connectivity index (χ3n) is 6.97. The van der Waals surface area contributed by atoms with Crippen molar-refractivity contribution in [3.8, 4) is 0 Å². The quantitative estimate of drug-likeness (QED) is 0.542. The highest BCUT2D eigenvalue weighted by Gasteiger charge is 2.45. The number of aliphatic hydroxyl groups excluding tert-OH is 3. The Labute approximate surface area is 138 Å². The van der Waals surface area contributed by atoms with Crippen molar-refractivity contribution in [3.05, 3.63) is 0 Å². The molecule has 0 bridgehead atoms. The van der Waals surface area contributed by atoms with Crippen molar-refractivity contribution < 1.29 is 15.3 Å². The van der Waals surface area contributed by atoms with Gasteiger partial charge in [-0.2, -0.15) is 0 Å². The summed E-state index contributed by atoms with van der Waals surface area (Å²) in [6.07, 6.45) is 3.62. The number of hydrogen-bond donors (Lipinski definition) is 3. The maximum Gasteiger partial charge on any atom is 0.0487 e. The summed E-state index contributed by atoms with van der Waals surface area (Å²) >= 11 is 0. The molecule has 0 aromatic heterocycles. The lowest BCUT2D eigenvalue weighted by molar-refractivity contribution is -0.0597. The first-order chi connectivity index (χ1) is 10.1. The summed E-state index contributed by atoms with van der Waals surface area (Å²) in [7, 11) is 0. The van der Waals surface area contributed by atoms with Crippen molar-refractivity contribution in [3.63, 3.8) is 0 Å². The zero-order valence-corrected chi connectivity index (χ0v) is 15.9. The van der Waals surface area contributed by atoms with Gasteiger partial charge in [-0.1, -0.05) is 48.5 Å². The van der Waals surface area contributed by atoms with Crippen LogP contribution in [0.4, 0.5) is 0 Å². The minimum absolute atomic E-state index is 0.105. The predicted molar refractivity (Wildman–Crippen MR) is 93.7 cm³/mol. The van der Waals surface area contributed by atoms with Crippen molar-refractivity contribution in [2.45, 2.75) is 74.1 Å². The van der Waals surface area contributed by atoms with E-state index < -0.39 is 0 Å². The van der Waals surface area contributed by atoms with E-state index in [2.05, 4.69) is 48.5 Å². The molecule has 134 valence electrons. The molecule has 0 saturated carbocycles. The Bertz CT molecular complexity index is 284. The molecule has 22 heavy (non-hydrogen) atoms. The molecule has 4 atom stereocenters. The minimum Gasteiger partial charge on any atom is -0.396 e. The van der Waals surface area contributed by atoms with Crippen molar-refractivity contribution in [1.29, 1.82) is 0 Å². The molecule has 0 amide bonds. The Balaban J connectivity index is 5.62. The van der Waals surface area contributed by atoms with Crippen LogP contribution in [0.1, 0.15) is 74.1 Å². The second-order valence-electron chi connectivity index (χ2n) is 8.19. The number of aliphatic hydroxyl groups is 3. The van der Waals surface area contributed by atoms with E-state index in [-0.39, 0.29) is 42.0 Å². The highest BCUT2D eigenvalue weighted by Crippen LogP contribution is 2.50. The molecular weight excluding hydrogens is 276 g/mol. The fraction of sp³-hybridized carbons (Fsp3) is 1.00. The van der Waals surface area contributed by atoms with E-state index in [4.69, 9.17) is 0 Å². The topological polar surface area (TPSA) is 60.7 Å². The molecule has 0 radical (unpaired) electrons. The maximum absolute atomic E-state index is 10.0. The summed E-state index contributed by atoms with van der Waals surface area (Å²) in [4.78, 5) is 0. The van der Waals surface area contributed by atoms with E-state index in [1.165, 1.54) is 0 Å². The Morgan fingerprint density at radius 1 is 0.682 bits per heavy atom. The first-order valence-corrected chi connectivity index (χ1v) is 8.95. The average Bonchev–Trinajstić information content (AvgIpc) is 2.57. The van der Waals surface area contributed by atoms with Gasteiger partial charge < -0.3 is 15.3 Å². The molecule has 0 fully saturated rings. The van der Waals surface area contributed by atoms with E-state index in [9.17, 15) is 15.3 Å². The Kier molecular flexibility index (Phi) is 8.61. The van der Waals surface area contributed by atoms with Gasteiger partial charge >= 0.3 is 0 Å². The Morgan fingerprint density at radius 3 is 1.23 bits per heavy atom. The third kappa shape index (κ3) is 4.46. The SMILES string of the molecule is CCC(C)(CO)C(C)CC(C(C)(CC)CO)C(C)(CC)CO. The van der Waals surface area contributed by atoms with Gasteiger partial charge in [0.2, 0.25) is 0 Å². The van der Waals surface area contributed by atoms with Gasteiger partial charge in [0.15, 0.2) is 0 Å². The standard InChI is InChI=1S/C19H40O3/c1-8-17(5,12-20)15(4)11-16(18(6,9-2)13-21)19(7,10-3)14-22/h15-16,20-22H,8-14H2,1-7H3. The van der Waals surface area contributed by atoms with Gasteiger partial charge in [0, 0.05) is 19.8 Å². The van der Waals surface area contributed by atoms with Gasteiger partial charge in [0.05, 0.1) is 0 Å². The molecule has 0 saturated heterocycles. The molecule has 0 aliphatic carbocycles. The molecule has 3 nitrogen and oxygen atoms in total. The molecular formula is C19H40O3. The van der Waals surface area contributed by atoms with Crippen LogP contribution >= 0.6 is 0 Å². The molecule has 0 aliphatic heterocycles. The molecule has 0 aromatic rings. The van der Waals surface area contributed by atoms with Crippen molar-refractivity contribution >= 4 is 0 Å². The molecule has 4 unspecified atom stereocenters. The predicted octanol–water partition coefficient (Wildman–Crippen LogP) is 3.85. The lowest BCUT2D eigenvalue weighted by Crippen LogP contribution is -2.46. The lowest BCUT2D eigenvalue weighted by Gasteiger charge is -2.49. The Morgan fingerprint density at radius 2 is 1.00 bits per heavy atom. The van der Waals surface area contributed by atoms with Crippen molar-refractivity contribution in [2.75, 3.05) is 19.8 Å². The summed E-state index contributed by atoms with van der Waals surface area (Å²) in [5.41, 5.74) is -0.510. The van der Waals surface area contributed by atoms with Crippen LogP contribution in [-0.2, 0) is 0 Å². The molecule has 0 heterocycles. The summed E-state index contributed by atoms with van der Waals surface area (Å²) < 4.78 is 0. The molecule has 0 aliphatic rings. The smallest absolute Gasteiger partial charge is 0.0487 e. The largest absolute Gasteiger partial charge is 0.396 e. The van der Waals surface area contributed by atoms with Crippen LogP contribution < -0.4 is 0 Å². The third-order valence-corrected chi connectivity index (χ3v) is 6.97. The zero-order chi connectivity index (χ0) is 17.6. The van der Waals surface area contributed by atoms with Gasteiger partial charge in [0.1, 0.15) is 0 Å². The lowest BCUT2D eigenvalue weighted by atomic mass is 9.57. The van der Waals surface area contributed by atoms with Gasteiger partial charge in [-0.05, 0) is 53.8 Å². The normalized spacial score (nSPS) is 23.2. The van der Waals surface area contributed by atoms with Crippen LogP contribution in [0.15, 0.2) is 0 Å². The van der Waals surface area contributed by atoms with Crippen molar-refractivity contribution in [1.82, 2.24) is 0 Å². The zero-order valence-electron chi connectivity index (χ0n) is 15.9. The van der Waals surface area contributed by atoms with E-state index >= 15 is 0 Å². The van der Waals surface area contributed by atoms with Crippen LogP contribution in [0.5, 0.6) is 0 Å². The van der Waals surface area contributed by atoms with E-state index in [0.717, 1.165) is 25.7 Å². The minimum atomic E-state index is -0.203. The van der Waals surface area contributed by atoms with Gasteiger partial charge in [-0.3, -0.25) is 0 Å². The summed E-state index contributed by atoms with van der Waals surface area (Å²) in [6.45, 7) is 15.4. The summed E-state index contributed by atoms with van der Waals surface area (Å²) in [5, 5.41) is 29.8. The molecule has 3 heteroatoms. The van der Waals surface area contributed by atoms with E-state index in [1.54, 1.807) is 0 Å². The number of hydrogen-bond acceptors (Lipinski definition) is 3. The van der Waals surface area contributed by atoms with Gasteiger partial charge in [-0.15, -0.1) is 0 Å². The average molecular weight is 317 g/mol. The van der Waals surface area contributed by atoms with Gasteiger partial charge in [-0.25, -0.2) is 0 Å². The molecule has 0 rings (SSSR count). The highest BCUT2D eigenvalue weighted by atomic mass is 16.3. The van der Waals surface area contributed by atoms with Crippen LogP contribution in [0.2, 0.25) is 0 Å². The first kappa shape index (κ1) is 21.9. The fourth-order valence-electron chi connectivity index (χ4n) is 3.60. The van der Waals surface area contributed by atoms with Crippen LogP contribution in [0, 0.1) is 28.1 Å². The Hall–Kier alpha value is -0.120. The van der Waals surface area contributed by atoms with Crippen LogP contribution in [-0.4, -0.2) is 35.1 Å². The van der Waals surface area contributed by atoms with E-state index in [0.29, 0.717) is 5.92 Å². The second kappa shape index (κ2) is 8.65. The van der Waals surface area contributed by atoms with Crippen molar-refractivity contribution in [2.24, 2.45) is 28.1 Å². The van der Waals surface area contributed by atoms with Crippen LogP contribution in [0.3, 0.4) is 0 Å². The summed E-state index contributed by atoms with van der Waals surface area (Å²) in [6, 6.07) is 0. The molecule has 0 aromatic carbocycles. The molecule has 3 N–H and O–H groups in total. The first-order valence-electron chi connectivity index (χ1n) is 8.95. The summed E-state index contributed by atoms with van der Waals surface area (Å²) in [5.74, 6) is 0.555. The molecule has 0 spiro atoms. The highest BCUT2D eigenvalue weighted by molar-refractivity contribution is 4.94. The second-order valence-corrected chi connectivity index (χ2v) is 8.19. The van der Waals surface area contributed by atoms with Crippen LogP contribution in [0.25, 0.3) is 0 Å². The van der Waals surface area contributed by atoms with E-state index in [1.807, 2.05) is 0 Å². The maximum atomic E-state index is 10.0.